The minimum Gasteiger partial charge on any atom is -0.508 e. The largest absolute Gasteiger partial charge is 0.508 e. The summed E-state index contributed by atoms with van der Waals surface area (Å²) < 4.78 is 0. The van der Waals surface area contributed by atoms with Crippen molar-refractivity contribution >= 4 is 17.1 Å². The third-order valence-corrected chi connectivity index (χ3v) is 3.32. The summed E-state index contributed by atoms with van der Waals surface area (Å²) in [7, 11) is 0. The average molecular weight is 247 g/mol. The van der Waals surface area contributed by atoms with E-state index in [1.807, 2.05) is 12.3 Å². The van der Waals surface area contributed by atoms with Gasteiger partial charge in [0.15, 0.2) is 0 Å². The lowest BCUT2D eigenvalue weighted by Crippen LogP contribution is -2.06. The highest BCUT2D eigenvalue weighted by molar-refractivity contribution is 7.09. The van der Waals surface area contributed by atoms with E-state index in [-0.39, 0.29) is 11.5 Å². The molecule has 4 heteroatoms. The van der Waals surface area contributed by atoms with Crippen molar-refractivity contribution in [1.82, 2.24) is 4.98 Å². The second-order valence-corrected chi connectivity index (χ2v) is 4.88. The molecule has 0 atom stereocenters. The molecule has 17 heavy (non-hydrogen) atoms. The van der Waals surface area contributed by atoms with Crippen LogP contribution in [0.3, 0.4) is 0 Å². The number of aryl methyl sites for hydroxylation is 1. The number of rotatable bonds is 4. The van der Waals surface area contributed by atoms with E-state index in [4.69, 9.17) is 5.11 Å². The molecule has 0 bridgehead atoms. The molecule has 88 valence electrons. The van der Waals surface area contributed by atoms with Gasteiger partial charge in [0, 0.05) is 17.5 Å². The van der Waals surface area contributed by atoms with Crippen LogP contribution in [0.1, 0.15) is 16.3 Å². The lowest BCUT2D eigenvalue weighted by molar-refractivity contribution is -0.117. The molecule has 1 N–H and O–H groups in total. The highest BCUT2D eigenvalue weighted by Gasteiger charge is 2.08. The third-order valence-electron chi connectivity index (χ3n) is 2.35. The summed E-state index contributed by atoms with van der Waals surface area (Å²) in [5.41, 5.74) is 1.88. The molecule has 1 aromatic heterocycles. The van der Waals surface area contributed by atoms with E-state index < -0.39 is 0 Å². The fraction of sp³-hybridized carbons (Fsp3) is 0.231. The van der Waals surface area contributed by atoms with Crippen LogP contribution < -0.4 is 0 Å². The van der Waals surface area contributed by atoms with Gasteiger partial charge in [0.05, 0.1) is 6.42 Å². The number of phenolic OH excluding ortho intramolecular Hbond substituents is 1. The first kappa shape index (κ1) is 11.8. The summed E-state index contributed by atoms with van der Waals surface area (Å²) in [4.78, 5) is 16.0. The number of Topliss-reactive ketones (excluding diaryl/α,β-unsaturated/α-hetero) is 1. The van der Waals surface area contributed by atoms with Gasteiger partial charge in [0.1, 0.15) is 16.5 Å². The molecule has 1 aromatic carbocycles. The summed E-state index contributed by atoms with van der Waals surface area (Å²) in [6.45, 7) is 1.92. The number of nitrogens with zero attached hydrogens (tertiary/aromatic N) is 1. The monoisotopic (exact) mass is 247 g/mol. The zero-order valence-corrected chi connectivity index (χ0v) is 10.3. The number of aromatic nitrogens is 1. The molecule has 0 fully saturated rings. The van der Waals surface area contributed by atoms with Crippen molar-refractivity contribution in [1.29, 1.82) is 0 Å². The van der Waals surface area contributed by atoms with E-state index in [9.17, 15) is 4.79 Å². The van der Waals surface area contributed by atoms with Crippen LogP contribution in [0.5, 0.6) is 5.75 Å². The Morgan fingerprint density at radius 2 is 2.00 bits per heavy atom. The lowest BCUT2D eigenvalue weighted by atomic mass is 10.1. The Labute approximate surface area is 104 Å². The van der Waals surface area contributed by atoms with Gasteiger partial charge in [-0.3, -0.25) is 4.79 Å². The van der Waals surface area contributed by atoms with Gasteiger partial charge in [-0.05, 0) is 24.6 Å². The number of thiazole rings is 1. The van der Waals surface area contributed by atoms with Gasteiger partial charge in [-0.15, -0.1) is 11.3 Å². The number of phenols is 1. The predicted octanol–water partition coefficient (Wildman–Crippen LogP) is 2.51. The van der Waals surface area contributed by atoms with E-state index in [2.05, 4.69) is 4.98 Å². The number of aromatic hydroxyl groups is 1. The van der Waals surface area contributed by atoms with Gasteiger partial charge in [-0.25, -0.2) is 4.98 Å². The summed E-state index contributed by atoms with van der Waals surface area (Å²) in [5.74, 6) is 0.363. The molecule has 1 heterocycles. The Balaban J connectivity index is 1.95. The summed E-state index contributed by atoms with van der Waals surface area (Å²) in [6, 6.07) is 6.72. The van der Waals surface area contributed by atoms with Gasteiger partial charge < -0.3 is 5.11 Å². The van der Waals surface area contributed by atoms with Gasteiger partial charge in [0.2, 0.25) is 0 Å². The van der Waals surface area contributed by atoms with E-state index in [1.165, 1.54) is 11.3 Å². The van der Waals surface area contributed by atoms with Crippen molar-refractivity contribution in [2.45, 2.75) is 19.8 Å². The molecule has 2 rings (SSSR count). The Kier molecular flexibility index (Phi) is 3.54. The zero-order valence-electron chi connectivity index (χ0n) is 9.51. The van der Waals surface area contributed by atoms with Crippen molar-refractivity contribution in [2.24, 2.45) is 0 Å². The van der Waals surface area contributed by atoms with Crippen LogP contribution in [-0.2, 0) is 17.6 Å². The molecule has 0 saturated carbocycles. The number of carbonyl (C=O) groups excluding carboxylic acids is 1. The Morgan fingerprint density at radius 1 is 1.29 bits per heavy atom. The van der Waals surface area contributed by atoms with Crippen molar-refractivity contribution in [3.05, 3.63) is 45.9 Å². The van der Waals surface area contributed by atoms with Crippen LogP contribution in [0.15, 0.2) is 29.6 Å². The number of hydrogen-bond donors (Lipinski definition) is 1. The molecule has 0 aliphatic carbocycles. The van der Waals surface area contributed by atoms with Gasteiger partial charge in [-0.1, -0.05) is 12.1 Å². The Morgan fingerprint density at radius 3 is 2.59 bits per heavy atom. The topological polar surface area (TPSA) is 50.2 Å². The first-order valence-corrected chi connectivity index (χ1v) is 6.22. The molecule has 0 aliphatic heterocycles. The zero-order chi connectivity index (χ0) is 12.3. The fourth-order valence-corrected chi connectivity index (χ4v) is 2.36. The maximum Gasteiger partial charge on any atom is 0.144 e. The van der Waals surface area contributed by atoms with Crippen LogP contribution in [-0.4, -0.2) is 15.9 Å². The molecule has 2 aromatic rings. The summed E-state index contributed by atoms with van der Waals surface area (Å²) >= 11 is 1.52. The number of hydrogen-bond acceptors (Lipinski definition) is 4. The molecular formula is C13H13NO2S. The quantitative estimate of drug-likeness (QED) is 0.903. The van der Waals surface area contributed by atoms with Crippen molar-refractivity contribution < 1.29 is 9.90 Å². The maximum atomic E-state index is 11.8. The second kappa shape index (κ2) is 5.10. The van der Waals surface area contributed by atoms with Crippen molar-refractivity contribution in [3.63, 3.8) is 0 Å². The highest BCUT2D eigenvalue weighted by Crippen LogP contribution is 2.13. The summed E-state index contributed by atoms with van der Waals surface area (Å²) in [5, 5.41) is 12.0. The van der Waals surface area contributed by atoms with Crippen molar-refractivity contribution in [2.75, 3.05) is 0 Å². The number of benzene rings is 1. The van der Waals surface area contributed by atoms with Crippen LogP contribution in [0.4, 0.5) is 0 Å². The van der Waals surface area contributed by atoms with Gasteiger partial charge >= 0.3 is 0 Å². The minimum atomic E-state index is 0.144. The number of carbonyl (C=O) groups is 1. The molecule has 0 unspecified atom stereocenters. The first-order chi connectivity index (χ1) is 8.13. The van der Waals surface area contributed by atoms with Gasteiger partial charge in [0.25, 0.3) is 0 Å². The van der Waals surface area contributed by atoms with E-state index in [0.29, 0.717) is 12.8 Å². The standard InChI is InChI=1S/C13H13NO2S/c1-9-8-17-13(14-9)7-12(16)6-10-2-4-11(15)5-3-10/h2-5,8,15H,6-7H2,1H3. The Bertz CT molecular complexity index is 516. The molecule has 0 aliphatic rings. The lowest BCUT2D eigenvalue weighted by Gasteiger charge is -2.00. The van der Waals surface area contributed by atoms with Crippen molar-refractivity contribution in [3.8, 4) is 5.75 Å². The van der Waals surface area contributed by atoms with E-state index in [1.54, 1.807) is 24.3 Å². The van der Waals surface area contributed by atoms with E-state index in [0.717, 1.165) is 16.3 Å². The normalized spacial score (nSPS) is 10.4. The fourth-order valence-electron chi connectivity index (χ4n) is 1.56. The smallest absolute Gasteiger partial charge is 0.144 e. The molecular weight excluding hydrogens is 234 g/mol. The predicted molar refractivity (Wildman–Crippen MR) is 67.4 cm³/mol. The average Bonchev–Trinajstić information content (AvgIpc) is 2.67. The van der Waals surface area contributed by atoms with Gasteiger partial charge in [-0.2, -0.15) is 0 Å². The molecule has 0 amide bonds. The molecule has 3 nitrogen and oxygen atoms in total. The van der Waals surface area contributed by atoms with E-state index >= 15 is 0 Å². The molecule has 0 spiro atoms. The highest BCUT2D eigenvalue weighted by atomic mass is 32.1. The second-order valence-electron chi connectivity index (χ2n) is 3.94. The number of ketones is 1. The van der Waals surface area contributed by atoms with Crippen LogP contribution in [0.2, 0.25) is 0 Å². The molecule has 0 saturated heterocycles. The molecule has 0 radical (unpaired) electrons. The Hall–Kier alpha value is -1.68. The van der Waals surface area contributed by atoms with Crippen LogP contribution >= 0.6 is 11.3 Å². The van der Waals surface area contributed by atoms with Crippen LogP contribution in [0, 0.1) is 6.92 Å². The third kappa shape index (κ3) is 3.39. The SMILES string of the molecule is Cc1csc(CC(=O)Cc2ccc(O)cc2)n1. The van der Waals surface area contributed by atoms with Crippen LogP contribution in [0.25, 0.3) is 0 Å². The summed E-state index contributed by atoms with van der Waals surface area (Å²) in [6.07, 6.45) is 0.776. The first-order valence-electron chi connectivity index (χ1n) is 5.34. The minimum absolute atomic E-state index is 0.144. The maximum absolute atomic E-state index is 11.8.